The topological polar surface area (TPSA) is 110 Å². The van der Waals surface area contributed by atoms with Gasteiger partial charge in [0.15, 0.2) is 11.7 Å². The van der Waals surface area contributed by atoms with Crippen LogP contribution in [0.3, 0.4) is 0 Å². The van der Waals surface area contributed by atoms with Gasteiger partial charge in [-0.05, 0) is 12.1 Å². The summed E-state index contributed by atoms with van der Waals surface area (Å²) in [5, 5.41) is 1.63. The number of hydrogen-bond acceptors (Lipinski definition) is 8. The molecule has 1 aromatic carbocycles. The van der Waals surface area contributed by atoms with Gasteiger partial charge in [0.25, 0.3) is 0 Å². The molecular formula is C13H16N6O2. The first kappa shape index (κ1) is 13.4. The molecule has 0 aromatic heterocycles. The van der Waals surface area contributed by atoms with Gasteiger partial charge in [-0.25, -0.2) is 9.98 Å². The Morgan fingerprint density at radius 1 is 1.19 bits per heavy atom. The molecule has 0 fully saturated rings. The van der Waals surface area contributed by atoms with Gasteiger partial charge in [-0.2, -0.15) is 5.43 Å². The van der Waals surface area contributed by atoms with E-state index in [0.29, 0.717) is 28.7 Å². The van der Waals surface area contributed by atoms with Crippen molar-refractivity contribution in [2.45, 2.75) is 5.79 Å². The number of hydrazine groups is 1. The predicted molar refractivity (Wildman–Crippen MR) is 78.6 cm³/mol. The molecule has 0 radical (unpaired) electrons. The van der Waals surface area contributed by atoms with E-state index in [1.807, 2.05) is 0 Å². The summed E-state index contributed by atoms with van der Waals surface area (Å²) in [6, 6.07) is 5.34. The lowest BCUT2D eigenvalue weighted by atomic mass is 10.1. The van der Waals surface area contributed by atoms with Gasteiger partial charge < -0.3 is 15.2 Å². The molecule has 0 spiro atoms. The van der Waals surface area contributed by atoms with Gasteiger partial charge in [-0.15, -0.1) is 0 Å². The maximum absolute atomic E-state index is 6.35. The lowest BCUT2D eigenvalue weighted by molar-refractivity contribution is 0.272. The highest BCUT2D eigenvalue weighted by Gasteiger charge is 2.39. The summed E-state index contributed by atoms with van der Waals surface area (Å²) in [7, 11) is 3.15. The van der Waals surface area contributed by atoms with E-state index in [9.17, 15) is 0 Å². The van der Waals surface area contributed by atoms with Crippen LogP contribution < -0.4 is 26.4 Å². The quantitative estimate of drug-likeness (QED) is 0.712. The molecule has 8 heteroatoms. The Hall–Kier alpha value is -2.58. The summed E-state index contributed by atoms with van der Waals surface area (Å²) in [5.41, 5.74) is 15.9. The van der Waals surface area contributed by atoms with Crippen LogP contribution in [0.25, 0.3) is 0 Å². The highest BCUT2D eigenvalue weighted by Crippen LogP contribution is 2.31. The number of amidine groups is 2. The van der Waals surface area contributed by atoms with Gasteiger partial charge in [0.2, 0.25) is 5.79 Å². The molecule has 1 aromatic rings. The van der Waals surface area contributed by atoms with Crippen LogP contribution in [0.1, 0.15) is 5.56 Å². The number of rotatable bonds is 3. The van der Waals surface area contributed by atoms with Crippen LogP contribution in [-0.4, -0.2) is 30.9 Å². The number of nitrogens with zero attached hydrogens (tertiary/aromatic N) is 3. The Morgan fingerprint density at radius 3 is 2.43 bits per heavy atom. The maximum atomic E-state index is 6.35. The molecule has 3 rings (SSSR count). The summed E-state index contributed by atoms with van der Waals surface area (Å²) in [4.78, 5) is 8.43. The summed E-state index contributed by atoms with van der Waals surface area (Å²) in [6.45, 7) is 0. The Morgan fingerprint density at radius 2 is 1.86 bits per heavy atom. The molecule has 0 bridgehead atoms. The van der Waals surface area contributed by atoms with E-state index in [-0.39, 0.29) is 0 Å². The van der Waals surface area contributed by atoms with Gasteiger partial charge in [0.05, 0.1) is 14.2 Å². The lowest BCUT2D eigenvalue weighted by Gasteiger charge is -2.25. The number of fused-ring (bicyclic) bond motifs is 1. The Kier molecular flexibility index (Phi) is 3.04. The molecule has 2 aliphatic rings. The first-order valence-electron chi connectivity index (χ1n) is 6.25. The van der Waals surface area contributed by atoms with Crippen LogP contribution in [0.4, 0.5) is 0 Å². The predicted octanol–water partition coefficient (Wildman–Crippen LogP) is -0.166. The van der Waals surface area contributed by atoms with E-state index >= 15 is 0 Å². The second-order valence-corrected chi connectivity index (χ2v) is 4.60. The SMILES string of the molecule is COc1cc(OC)cc(C2(N)N=C3C(N)=NC=CN3N2)c1. The van der Waals surface area contributed by atoms with Crippen molar-refractivity contribution in [1.82, 2.24) is 10.4 Å². The van der Waals surface area contributed by atoms with Crippen molar-refractivity contribution in [2.24, 2.45) is 21.5 Å². The van der Waals surface area contributed by atoms with E-state index < -0.39 is 5.79 Å². The van der Waals surface area contributed by atoms with Crippen LogP contribution in [0.2, 0.25) is 0 Å². The van der Waals surface area contributed by atoms with Crippen LogP contribution in [0.5, 0.6) is 11.5 Å². The van der Waals surface area contributed by atoms with Crippen molar-refractivity contribution >= 4 is 11.7 Å². The molecule has 0 saturated carbocycles. The van der Waals surface area contributed by atoms with Crippen LogP contribution >= 0.6 is 0 Å². The van der Waals surface area contributed by atoms with Crippen molar-refractivity contribution in [2.75, 3.05) is 14.2 Å². The van der Waals surface area contributed by atoms with Gasteiger partial charge in [0.1, 0.15) is 11.5 Å². The molecule has 0 saturated heterocycles. The molecule has 2 heterocycles. The van der Waals surface area contributed by atoms with Crippen molar-refractivity contribution in [1.29, 1.82) is 0 Å². The molecule has 21 heavy (non-hydrogen) atoms. The van der Waals surface area contributed by atoms with Crippen LogP contribution in [-0.2, 0) is 5.79 Å². The Labute approximate surface area is 121 Å². The first-order chi connectivity index (χ1) is 10.1. The molecule has 8 nitrogen and oxygen atoms in total. The summed E-state index contributed by atoms with van der Waals surface area (Å²) >= 11 is 0. The highest BCUT2D eigenvalue weighted by molar-refractivity contribution is 6.40. The lowest BCUT2D eigenvalue weighted by Crippen LogP contribution is -2.51. The van der Waals surface area contributed by atoms with Gasteiger partial charge in [-0.1, -0.05) is 0 Å². The average molecular weight is 288 g/mol. The van der Waals surface area contributed by atoms with Crippen LogP contribution in [0, 0.1) is 0 Å². The minimum Gasteiger partial charge on any atom is -0.497 e. The molecule has 1 unspecified atom stereocenters. The van der Waals surface area contributed by atoms with Gasteiger partial charge in [-0.3, -0.25) is 10.7 Å². The van der Waals surface area contributed by atoms with Crippen molar-refractivity contribution in [3.05, 3.63) is 36.2 Å². The first-order valence-corrected chi connectivity index (χ1v) is 6.25. The molecular weight excluding hydrogens is 272 g/mol. The highest BCUT2D eigenvalue weighted by atomic mass is 16.5. The van der Waals surface area contributed by atoms with Crippen molar-refractivity contribution in [3.8, 4) is 11.5 Å². The van der Waals surface area contributed by atoms with E-state index in [1.165, 1.54) is 0 Å². The van der Waals surface area contributed by atoms with E-state index in [4.69, 9.17) is 20.9 Å². The fraction of sp³-hybridized carbons (Fsp3) is 0.231. The standard InChI is InChI=1S/C13H16N6O2/c1-20-9-5-8(6-10(7-9)21-2)13(15)17-12-11(14)16-3-4-19(12)18-13/h3-7,18H,15H2,1-2H3,(H2,14,16). The Balaban J connectivity index is 2.05. The number of nitrogens with two attached hydrogens (primary N) is 2. The zero-order valence-electron chi connectivity index (χ0n) is 11.7. The summed E-state index contributed by atoms with van der Waals surface area (Å²) < 4.78 is 10.5. The minimum absolute atomic E-state index is 0.298. The number of hydrogen-bond donors (Lipinski definition) is 3. The number of ether oxygens (including phenoxy) is 2. The van der Waals surface area contributed by atoms with E-state index in [1.54, 1.807) is 49.8 Å². The normalized spacial score (nSPS) is 23.5. The van der Waals surface area contributed by atoms with E-state index in [2.05, 4.69) is 15.4 Å². The number of aliphatic imine (C=N–C) groups is 2. The molecule has 2 aliphatic heterocycles. The monoisotopic (exact) mass is 288 g/mol. The number of benzene rings is 1. The fourth-order valence-corrected chi connectivity index (χ4v) is 2.17. The summed E-state index contributed by atoms with van der Waals surface area (Å²) in [5.74, 6) is 0.844. The second-order valence-electron chi connectivity index (χ2n) is 4.60. The summed E-state index contributed by atoms with van der Waals surface area (Å²) in [6.07, 6.45) is 3.26. The smallest absolute Gasteiger partial charge is 0.208 e. The minimum atomic E-state index is -1.17. The second kappa shape index (κ2) is 4.76. The zero-order chi connectivity index (χ0) is 15.0. The molecule has 110 valence electrons. The van der Waals surface area contributed by atoms with Gasteiger partial charge >= 0.3 is 0 Å². The number of nitrogens with one attached hydrogen (secondary N) is 1. The molecule has 5 N–H and O–H groups in total. The average Bonchev–Trinajstić information content (AvgIpc) is 2.86. The molecule has 1 atom stereocenters. The van der Waals surface area contributed by atoms with Crippen LogP contribution in [0.15, 0.2) is 40.6 Å². The van der Waals surface area contributed by atoms with E-state index in [0.717, 1.165) is 0 Å². The van der Waals surface area contributed by atoms with Gasteiger partial charge in [0, 0.05) is 24.0 Å². The van der Waals surface area contributed by atoms with Crippen molar-refractivity contribution in [3.63, 3.8) is 0 Å². The fourth-order valence-electron chi connectivity index (χ4n) is 2.17. The Bertz CT molecular complexity index is 646. The maximum Gasteiger partial charge on any atom is 0.208 e. The molecule has 0 amide bonds. The zero-order valence-corrected chi connectivity index (χ0v) is 11.7. The number of methoxy groups -OCH3 is 2. The largest absolute Gasteiger partial charge is 0.497 e. The molecule has 0 aliphatic carbocycles. The third kappa shape index (κ3) is 2.20. The third-order valence-corrected chi connectivity index (χ3v) is 3.25. The third-order valence-electron chi connectivity index (χ3n) is 3.25. The van der Waals surface area contributed by atoms with Crippen molar-refractivity contribution < 1.29 is 9.47 Å².